The first-order valence-corrected chi connectivity index (χ1v) is 4.29. The zero-order chi connectivity index (χ0) is 10.1. The summed E-state index contributed by atoms with van der Waals surface area (Å²) in [6.45, 7) is 5.18. The summed E-state index contributed by atoms with van der Waals surface area (Å²) in [5, 5.41) is 18.5. The van der Waals surface area contributed by atoms with Gasteiger partial charge in [0, 0.05) is 12.3 Å². The molecule has 0 radical (unpaired) electrons. The summed E-state index contributed by atoms with van der Waals surface area (Å²) >= 11 is 0. The Balaban J connectivity index is 2.97. The molecule has 0 aromatic carbocycles. The van der Waals surface area contributed by atoms with Crippen LogP contribution in [0.3, 0.4) is 0 Å². The van der Waals surface area contributed by atoms with Crippen LogP contribution < -0.4 is 0 Å². The SMILES string of the molecule is C=CCC1C(=O)CC(O)C1(C)C#N. The molecule has 3 heteroatoms. The summed E-state index contributed by atoms with van der Waals surface area (Å²) in [7, 11) is 0. The van der Waals surface area contributed by atoms with E-state index in [1.54, 1.807) is 13.0 Å². The largest absolute Gasteiger partial charge is 0.391 e. The van der Waals surface area contributed by atoms with E-state index in [-0.39, 0.29) is 18.1 Å². The molecule has 0 amide bonds. The highest BCUT2D eigenvalue weighted by Crippen LogP contribution is 2.42. The number of nitriles is 1. The zero-order valence-corrected chi connectivity index (χ0v) is 7.66. The quantitative estimate of drug-likeness (QED) is 0.644. The van der Waals surface area contributed by atoms with Gasteiger partial charge < -0.3 is 5.11 Å². The summed E-state index contributed by atoms with van der Waals surface area (Å²) in [5.74, 6) is -0.415. The number of hydrogen-bond acceptors (Lipinski definition) is 3. The molecule has 1 aliphatic rings. The summed E-state index contributed by atoms with van der Waals surface area (Å²) in [5.41, 5.74) is -0.925. The third-order valence-corrected chi connectivity index (χ3v) is 2.84. The lowest BCUT2D eigenvalue weighted by atomic mass is 9.78. The smallest absolute Gasteiger partial charge is 0.140 e. The Morgan fingerprint density at radius 1 is 1.92 bits per heavy atom. The lowest BCUT2D eigenvalue weighted by Crippen LogP contribution is -2.31. The van der Waals surface area contributed by atoms with Gasteiger partial charge in [0.2, 0.25) is 0 Å². The number of carbonyl (C=O) groups excluding carboxylic acids is 1. The number of hydrogen-bond donors (Lipinski definition) is 1. The molecule has 3 nitrogen and oxygen atoms in total. The van der Waals surface area contributed by atoms with Crippen molar-refractivity contribution < 1.29 is 9.90 Å². The molecule has 0 aromatic heterocycles. The van der Waals surface area contributed by atoms with Crippen molar-refractivity contribution in [1.29, 1.82) is 5.26 Å². The van der Waals surface area contributed by atoms with Gasteiger partial charge in [-0.15, -0.1) is 6.58 Å². The summed E-state index contributed by atoms with van der Waals surface area (Å²) < 4.78 is 0. The van der Waals surface area contributed by atoms with Gasteiger partial charge in [-0.25, -0.2) is 0 Å². The van der Waals surface area contributed by atoms with E-state index >= 15 is 0 Å². The minimum Gasteiger partial charge on any atom is -0.391 e. The molecule has 0 saturated heterocycles. The number of aliphatic hydroxyl groups is 1. The number of allylic oxidation sites excluding steroid dienone is 1. The van der Waals surface area contributed by atoms with Crippen molar-refractivity contribution in [3.8, 4) is 6.07 Å². The van der Waals surface area contributed by atoms with Crippen LogP contribution >= 0.6 is 0 Å². The Hall–Kier alpha value is -1.14. The summed E-state index contributed by atoms with van der Waals surface area (Å²) in [6.07, 6.45) is 1.37. The van der Waals surface area contributed by atoms with Crippen LogP contribution in [0.1, 0.15) is 19.8 Å². The molecule has 0 heterocycles. The second kappa shape index (κ2) is 3.31. The first-order chi connectivity index (χ1) is 6.06. The molecule has 0 aliphatic heterocycles. The fourth-order valence-corrected chi connectivity index (χ4v) is 1.81. The van der Waals surface area contributed by atoms with Gasteiger partial charge in [0.1, 0.15) is 5.78 Å². The topological polar surface area (TPSA) is 61.1 Å². The van der Waals surface area contributed by atoms with E-state index < -0.39 is 11.5 Å². The van der Waals surface area contributed by atoms with Crippen molar-refractivity contribution >= 4 is 5.78 Å². The van der Waals surface area contributed by atoms with Crippen LogP contribution in [-0.2, 0) is 4.79 Å². The van der Waals surface area contributed by atoms with Crippen molar-refractivity contribution in [2.24, 2.45) is 11.3 Å². The van der Waals surface area contributed by atoms with Gasteiger partial charge in [0.25, 0.3) is 0 Å². The minimum atomic E-state index is -0.925. The Morgan fingerprint density at radius 3 is 3.00 bits per heavy atom. The Kier molecular flexibility index (Phi) is 2.53. The number of aliphatic hydroxyl groups excluding tert-OH is 1. The first kappa shape index (κ1) is 9.94. The lowest BCUT2D eigenvalue weighted by Gasteiger charge is -2.24. The standard InChI is InChI=1S/C10H13NO2/c1-3-4-7-8(12)5-9(13)10(7,2)6-11/h3,7,9,13H,1,4-5H2,2H3. The van der Waals surface area contributed by atoms with Crippen LogP contribution in [0.25, 0.3) is 0 Å². The van der Waals surface area contributed by atoms with Gasteiger partial charge in [0.05, 0.1) is 17.6 Å². The Labute approximate surface area is 77.7 Å². The predicted octanol–water partition coefficient (Wildman–Crippen LogP) is 1.04. The van der Waals surface area contributed by atoms with Gasteiger partial charge in [0.15, 0.2) is 0 Å². The van der Waals surface area contributed by atoms with Gasteiger partial charge >= 0.3 is 0 Å². The van der Waals surface area contributed by atoms with E-state index in [9.17, 15) is 9.90 Å². The van der Waals surface area contributed by atoms with Crippen molar-refractivity contribution in [3.63, 3.8) is 0 Å². The zero-order valence-electron chi connectivity index (χ0n) is 7.66. The van der Waals surface area contributed by atoms with Gasteiger partial charge in [-0.2, -0.15) is 5.26 Å². The molecule has 0 aromatic rings. The molecule has 3 atom stereocenters. The number of rotatable bonds is 2. The predicted molar refractivity (Wildman–Crippen MR) is 47.7 cm³/mol. The van der Waals surface area contributed by atoms with Crippen molar-refractivity contribution in [3.05, 3.63) is 12.7 Å². The monoisotopic (exact) mass is 179 g/mol. The molecule has 13 heavy (non-hydrogen) atoms. The number of nitrogens with zero attached hydrogens (tertiary/aromatic N) is 1. The number of ketones is 1. The van der Waals surface area contributed by atoms with E-state index in [1.165, 1.54) is 0 Å². The third-order valence-electron chi connectivity index (χ3n) is 2.84. The van der Waals surface area contributed by atoms with Crippen molar-refractivity contribution in [2.75, 3.05) is 0 Å². The normalized spacial score (nSPS) is 38.7. The molecular weight excluding hydrogens is 166 g/mol. The first-order valence-electron chi connectivity index (χ1n) is 4.29. The molecule has 3 unspecified atom stereocenters. The molecule has 1 N–H and O–H groups in total. The van der Waals surface area contributed by atoms with E-state index in [0.717, 1.165) is 0 Å². The van der Waals surface area contributed by atoms with Crippen molar-refractivity contribution in [1.82, 2.24) is 0 Å². The lowest BCUT2D eigenvalue weighted by molar-refractivity contribution is -0.121. The fourth-order valence-electron chi connectivity index (χ4n) is 1.81. The van der Waals surface area contributed by atoms with Crippen LogP contribution in [0.2, 0.25) is 0 Å². The maximum Gasteiger partial charge on any atom is 0.140 e. The average molecular weight is 179 g/mol. The molecule has 1 fully saturated rings. The second-order valence-electron chi connectivity index (χ2n) is 3.66. The van der Waals surface area contributed by atoms with E-state index in [4.69, 9.17) is 5.26 Å². The highest BCUT2D eigenvalue weighted by Gasteiger charge is 2.50. The second-order valence-corrected chi connectivity index (χ2v) is 3.66. The van der Waals surface area contributed by atoms with Crippen LogP contribution in [0.4, 0.5) is 0 Å². The van der Waals surface area contributed by atoms with Crippen molar-refractivity contribution in [2.45, 2.75) is 25.9 Å². The van der Waals surface area contributed by atoms with Gasteiger partial charge in [-0.1, -0.05) is 6.08 Å². The highest BCUT2D eigenvalue weighted by atomic mass is 16.3. The molecule has 1 aliphatic carbocycles. The van der Waals surface area contributed by atoms with E-state index in [0.29, 0.717) is 6.42 Å². The third kappa shape index (κ3) is 1.38. The Bertz CT molecular complexity index is 279. The summed E-state index contributed by atoms with van der Waals surface area (Å²) in [4.78, 5) is 11.4. The maximum absolute atomic E-state index is 11.4. The van der Waals surface area contributed by atoms with E-state index in [2.05, 4.69) is 6.58 Å². The van der Waals surface area contributed by atoms with Crippen LogP contribution in [-0.4, -0.2) is 17.0 Å². The number of carbonyl (C=O) groups is 1. The molecular formula is C10H13NO2. The van der Waals surface area contributed by atoms with Crippen LogP contribution in [0, 0.1) is 22.7 Å². The van der Waals surface area contributed by atoms with Gasteiger partial charge in [-0.05, 0) is 13.3 Å². The molecule has 70 valence electrons. The summed E-state index contributed by atoms with van der Waals surface area (Å²) in [6, 6.07) is 2.04. The highest BCUT2D eigenvalue weighted by molar-refractivity contribution is 5.86. The van der Waals surface area contributed by atoms with E-state index in [1.807, 2.05) is 6.07 Å². The average Bonchev–Trinajstić information content (AvgIpc) is 2.31. The van der Waals surface area contributed by atoms with Crippen LogP contribution in [0.15, 0.2) is 12.7 Å². The minimum absolute atomic E-state index is 0.0311. The molecule has 0 spiro atoms. The fraction of sp³-hybridized carbons (Fsp3) is 0.600. The molecule has 1 saturated carbocycles. The maximum atomic E-state index is 11.4. The van der Waals surface area contributed by atoms with Gasteiger partial charge in [-0.3, -0.25) is 4.79 Å². The number of Topliss-reactive ketones (excluding diaryl/α,β-unsaturated/α-hetero) is 1. The van der Waals surface area contributed by atoms with Crippen LogP contribution in [0.5, 0.6) is 0 Å². The molecule has 1 rings (SSSR count). The molecule has 0 bridgehead atoms. The Morgan fingerprint density at radius 2 is 2.54 bits per heavy atom.